The smallest absolute Gasteiger partial charge is 0.115 e. The van der Waals surface area contributed by atoms with Gasteiger partial charge < -0.3 is 25.3 Å². The van der Waals surface area contributed by atoms with Crippen LogP contribution in [0.5, 0.6) is 5.75 Å². The average molecular weight is 386 g/mol. The number of benzene rings is 2. The number of nitrogens with zero attached hydrogens (tertiary/aromatic N) is 1. The number of likely N-dealkylation sites (tertiary alicyclic amines) is 1. The number of aliphatic hydroxyl groups is 3. The highest BCUT2D eigenvalue weighted by atomic mass is 16.3. The van der Waals surface area contributed by atoms with Crippen molar-refractivity contribution in [1.82, 2.24) is 4.90 Å². The number of rotatable bonds is 7. The van der Waals surface area contributed by atoms with Gasteiger partial charge in [-0.2, -0.15) is 0 Å². The number of phenols is 1. The number of hydrogen-bond acceptors (Lipinski definition) is 5. The molecule has 0 saturated carbocycles. The Morgan fingerprint density at radius 1 is 0.964 bits per heavy atom. The second-order valence-corrected chi connectivity index (χ2v) is 7.99. The minimum absolute atomic E-state index is 0.157. The van der Waals surface area contributed by atoms with Gasteiger partial charge in [-0.05, 0) is 42.5 Å². The number of aliphatic hydroxyl groups excluding tert-OH is 2. The minimum Gasteiger partial charge on any atom is -0.508 e. The first-order chi connectivity index (χ1) is 13.4. The number of phenolic OH excluding ortho intramolecular Hbond substituents is 1. The predicted molar refractivity (Wildman–Crippen MR) is 109 cm³/mol. The van der Waals surface area contributed by atoms with E-state index in [-0.39, 0.29) is 11.7 Å². The van der Waals surface area contributed by atoms with E-state index in [4.69, 9.17) is 0 Å². The molecule has 0 aliphatic carbocycles. The minimum atomic E-state index is -0.778. The summed E-state index contributed by atoms with van der Waals surface area (Å²) in [5.74, 6) is -0.153. The molecule has 0 bridgehead atoms. The van der Waals surface area contributed by atoms with E-state index < -0.39 is 17.8 Å². The van der Waals surface area contributed by atoms with Crippen molar-refractivity contribution in [2.45, 2.75) is 44.0 Å². The Hall–Kier alpha value is -1.92. The first-order valence-electron chi connectivity index (χ1n) is 10.0. The van der Waals surface area contributed by atoms with Gasteiger partial charge in [-0.15, -0.1) is 0 Å². The van der Waals surface area contributed by atoms with E-state index in [1.54, 1.807) is 24.3 Å². The van der Waals surface area contributed by atoms with Gasteiger partial charge in [-0.3, -0.25) is 0 Å². The maximum atomic E-state index is 10.9. The Labute approximate surface area is 166 Å². The fourth-order valence-electron chi connectivity index (χ4n) is 3.95. The molecule has 1 fully saturated rings. The summed E-state index contributed by atoms with van der Waals surface area (Å²) in [6.45, 7) is 4.14. The Balaban J connectivity index is 1.47. The van der Waals surface area contributed by atoms with E-state index in [0.29, 0.717) is 24.8 Å². The zero-order chi connectivity index (χ0) is 20.1. The highest BCUT2D eigenvalue weighted by Crippen LogP contribution is 2.33. The van der Waals surface area contributed by atoms with Gasteiger partial charge in [0.1, 0.15) is 5.75 Å². The first-order valence-corrected chi connectivity index (χ1v) is 10.0. The monoisotopic (exact) mass is 385 g/mol. The van der Waals surface area contributed by atoms with E-state index >= 15 is 0 Å². The fraction of sp³-hybridized carbons (Fsp3) is 0.478. The summed E-state index contributed by atoms with van der Waals surface area (Å²) in [6.07, 6.45) is 0.524. The van der Waals surface area contributed by atoms with Crippen LogP contribution in [0.2, 0.25) is 0 Å². The maximum Gasteiger partial charge on any atom is 0.115 e. The number of aromatic hydroxyl groups is 1. The molecule has 152 valence electrons. The van der Waals surface area contributed by atoms with Gasteiger partial charge >= 0.3 is 0 Å². The fourth-order valence-corrected chi connectivity index (χ4v) is 3.95. The van der Waals surface area contributed by atoms with Gasteiger partial charge in [0.25, 0.3) is 0 Å². The van der Waals surface area contributed by atoms with Crippen molar-refractivity contribution in [3.8, 4) is 5.75 Å². The van der Waals surface area contributed by atoms with Crippen molar-refractivity contribution >= 4 is 0 Å². The molecule has 0 aromatic heterocycles. The highest BCUT2D eigenvalue weighted by molar-refractivity contribution is 5.27. The lowest BCUT2D eigenvalue weighted by molar-refractivity contribution is -0.0325. The molecule has 4 N–H and O–H groups in total. The molecule has 2 aromatic rings. The molecule has 1 aliphatic rings. The largest absolute Gasteiger partial charge is 0.508 e. The van der Waals surface area contributed by atoms with Gasteiger partial charge in [-0.25, -0.2) is 0 Å². The van der Waals surface area contributed by atoms with Crippen LogP contribution < -0.4 is 0 Å². The lowest BCUT2D eigenvalue weighted by atomic mass is 9.84. The molecule has 0 spiro atoms. The first kappa shape index (κ1) is 20.8. The second kappa shape index (κ2) is 9.05. The second-order valence-electron chi connectivity index (χ2n) is 7.99. The molecule has 3 rings (SSSR count). The quantitative estimate of drug-likeness (QED) is 0.589. The molecule has 3 atom stereocenters. The highest BCUT2D eigenvalue weighted by Gasteiger charge is 2.34. The van der Waals surface area contributed by atoms with Crippen LogP contribution in [0.4, 0.5) is 0 Å². The van der Waals surface area contributed by atoms with Crippen LogP contribution in [0.15, 0.2) is 54.6 Å². The van der Waals surface area contributed by atoms with Crippen LogP contribution >= 0.6 is 0 Å². The third-order valence-electron chi connectivity index (χ3n) is 6.08. The number of piperidine rings is 1. The molecule has 5 nitrogen and oxygen atoms in total. The number of hydrogen-bond donors (Lipinski definition) is 4. The van der Waals surface area contributed by atoms with E-state index in [0.717, 1.165) is 25.2 Å². The molecule has 1 aliphatic heterocycles. The van der Waals surface area contributed by atoms with Crippen molar-refractivity contribution < 1.29 is 20.4 Å². The Kier molecular flexibility index (Phi) is 6.73. The molecule has 0 radical (unpaired) electrons. The van der Waals surface area contributed by atoms with Gasteiger partial charge in [0.15, 0.2) is 0 Å². The van der Waals surface area contributed by atoms with Gasteiger partial charge in [0.2, 0.25) is 0 Å². The van der Waals surface area contributed by atoms with Crippen molar-refractivity contribution in [2.24, 2.45) is 5.92 Å². The summed E-state index contributed by atoms with van der Waals surface area (Å²) in [5, 5.41) is 41.3. The van der Waals surface area contributed by atoms with Crippen LogP contribution in [0, 0.1) is 5.92 Å². The van der Waals surface area contributed by atoms with E-state index in [1.807, 2.05) is 37.3 Å². The van der Waals surface area contributed by atoms with Crippen molar-refractivity contribution in [3.63, 3.8) is 0 Å². The van der Waals surface area contributed by atoms with Crippen LogP contribution in [0.1, 0.15) is 43.4 Å². The molecule has 28 heavy (non-hydrogen) atoms. The van der Waals surface area contributed by atoms with Gasteiger partial charge in [0, 0.05) is 25.6 Å². The van der Waals surface area contributed by atoms with Crippen LogP contribution in [0.25, 0.3) is 0 Å². The summed E-state index contributed by atoms with van der Waals surface area (Å²) >= 11 is 0. The topological polar surface area (TPSA) is 84.2 Å². The maximum absolute atomic E-state index is 10.9. The summed E-state index contributed by atoms with van der Waals surface area (Å²) in [7, 11) is 0. The van der Waals surface area contributed by atoms with Crippen LogP contribution in [0.3, 0.4) is 0 Å². The van der Waals surface area contributed by atoms with Crippen molar-refractivity contribution in [3.05, 3.63) is 65.7 Å². The molecule has 1 unspecified atom stereocenters. The summed E-state index contributed by atoms with van der Waals surface area (Å²) in [4.78, 5) is 2.26. The Bertz CT molecular complexity index is 726. The van der Waals surface area contributed by atoms with Gasteiger partial charge in [-0.1, -0.05) is 49.4 Å². The SMILES string of the molecule is C[C@@H](C(O)CCN1CCC(O)(c2ccccc2)CC1)[C@H](O)c1ccc(O)cc1. The lowest BCUT2D eigenvalue weighted by Gasteiger charge is -2.39. The summed E-state index contributed by atoms with van der Waals surface area (Å²) in [5.41, 5.74) is 0.897. The zero-order valence-corrected chi connectivity index (χ0v) is 16.4. The molecular formula is C23H31NO4. The normalized spacial score (nSPS) is 20.4. The van der Waals surface area contributed by atoms with Crippen LogP contribution in [-0.2, 0) is 5.60 Å². The third kappa shape index (κ3) is 4.92. The zero-order valence-electron chi connectivity index (χ0n) is 16.4. The van der Waals surface area contributed by atoms with E-state index in [2.05, 4.69) is 4.90 Å². The molecule has 1 saturated heterocycles. The van der Waals surface area contributed by atoms with Crippen LogP contribution in [-0.4, -0.2) is 51.1 Å². The van der Waals surface area contributed by atoms with E-state index in [1.165, 1.54) is 0 Å². The standard InChI is InChI=1S/C23H31NO4/c1-17(22(27)18-7-9-20(25)10-8-18)21(26)11-14-24-15-12-23(28,13-16-24)19-5-3-2-4-6-19/h2-10,17,21-22,25-28H,11-16H2,1H3/t17-,21?,22-/m0/s1. The predicted octanol–water partition coefficient (Wildman–Crippen LogP) is 2.80. The molecule has 5 heteroatoms. The molecule has 1 heterocycles. The van der Waals surface area contributed by atoms with Gasteiger partial charge in [0.05, 0.1) is 17.8 Å². The Morgan fingerprint density at radius 3 is 2.18 bits per heavy atom. The van der Waals surface area contributed by atoms with Crippen molar-refractivity contribution in [2.75, 3.05) is 19.6 Å². The summed E-state index contributed by atoms with van der Waals surface area (Å²) < 4.78 is 0. The lowest BCUT2D eigenvalue weighted by Crippen LogP contribution is -2.43. The van der Waals surface area contributed by atoms with E-state index in [9.17, 15) is 20.4 Å². The third-order valence-corrected chi connectivity index (χ3v) is 6.08. The average Bonchev–Trinajstić information content (AvgIpc) is 2.73. The molecule has 2 aromatic carbocycles. The van der Waals surface area contributed by atoms with Crippen molar-refractivity contribution in [1.29, 1.82) is 0 Å². The molecule has 0 amide bonds. The molecular weight excluding hydrogens is 354 g/mol. The summed E-state index contributed by atoms with van der Waals surface area (Å²) in [6, 6.07) is 16.3. The Morgan fingerprint density at radius 2 is 1.57 bits per heavy atom.